The first-order valence-electron chi connectivity index (χ1n) is 10.7. The molecule has 1 saturated heterocycles. The van der Waals surface area contributed by atoms with E-state index < -0.39 is 10.0 Å². The molecule has 1 aromatic rings. The first-order valence-corrected chi connectivity index (χ1v) is 12.1. The molecule has 7 heteroatoms. The van der Waals surface area contributed by atoms with Gasteiger partial charge in [-0.25, -0.2) is 8.42 Å². The predicted octanol–water partition coefficient (Wildman–Crippen LogP) is 2.53. The van der Waals surface area contributed by atoms with Crippen molar-refractivity contribution in [3.63, 3.8) is 0 Å². The SMILES string of the molecule is Cc1ccc(S(=O)(=O)N2CCN(C(=O)C3CC4CCCC(C3)C4=O)CC2)cc1C. The van der Waals surface area contributed by atoms with Crippen LogP contribution in [-0.4, -0.2) is 55.5 Å². The average molecular weight is 419 g/mol. The van der Waals surface area contributed by atoms with Gasteiger partial charge >= 0.3 is 0 Å². The number of sulfonamides is 1. The molecule has 2 saturated carbocycles. The third kappa shape index (κ3) is 3.87. The maximum absolute atomic E-state index is 13.0. The topological polar surface area (TPSA) is 74.8 Å². The number of carbonyl (C=O) groups excluding carboxylic acids is 2. The fourth-order valence-corrected chi connectivity index (χ4v) is 6.62. The summed E-state index contributed by atoms with van der Waals surface area (Å²) in [4.78, 5) is 27.5. The van der Waals surface area contributed by atoms with E-state index in [9.17, 15) is 18.0 Å². The van der Waals surface area contributed by atoms with Crippen molar-refractivity contribution in [1.29, 1.82) is 0 Å². The van der Waals surface area contributed by atoms with Crippen LogP contribution in [-0.2, 0) is 19.6 Å². The van der Waals surface area contributed by atoms with Gasteiger partial charge in [0, 0.05) is 43.9 Å². The number of carbonyl (C=O) groups is 2. The number of aryl methyl sites for hydroxylation is 2. The van der Waals surface area contributed by atoms with Crippen molar-refractivity contribution in [2.24, 2.45) is 17.8 Å². The highest BCUT2D eigenvalue weighted by Crippen LogP contribution is 2.40. The molecule has 2 bridgehead atoms. The number of ketones is 1. The Hall–Kier alpha value is -1.73. The summed E-state index contributed by atoms with van der Waals surface area (Å²) in [7, 11) is -3.54. The van der Waals surface area contributed by atoms with Crippen LogP contribution in [0.3, 0.4) is 0 Å². The van der Waals surface area contributed by atoms with Crippen LogP contribution in [0.2, 0.25) is 0 Å². The van der Waals surface area contributed by atoms with Crippen molar-refractivity contribution in [3.05, 3.63) is 29.3 Å². The zero-order valence-electron chi connectivity index (χ0n) is 17.3. The summed E-state index contributed by atoms with van der Waals surface area (Å²) in [5, 5.41) is 0. The van der Waals surface area contributed by atoms with E-state index in [0.29, 0.717) is 49.7 Å². The van der Waals surface area contributed by atoms with Crippen LogP contribution in [0.15, 0.2) is 23.1 Å². The molecule has 2 atom stereocenters. The normalized spacial score (nSPS) is 28.4. The van der Waals surface area contributed by atoms with Crippen molar-refractivity contribution in [2.45, 2.75) is 50.8 Å². The lowest BCUT2D eigenvalue weighted by molar-refractivity contribution is -0.144. The molecule has 2 aliphatic carbocycles. The molecule has 0 aromatic heterocycles. The molecule has 0 N–H and O–H groups in total. The Labute approximate surface area is 173 Å². The van der Waals surface area contributed by atoms with Crippen LogP contribution < -0.4 is 0 Å². The van der Waals surface area contributed by atoms with Gasteiger partial charge in [0.1, 0.15) is 5.78 Å². The third-order valence-electron chi connectivity index (χ3n) is 7.06. The number of Topliss-reactive ketones (excluding diaryl/α,β-unsaturated/α-hetero) is 1. The lowest BCUT2D eigenvalue weighted by Crippen LogP contribution is -2.53. The number of benzene rings is 1. The molecule has 1 amide bonds. The van der Waals surface area contributed by atoms with Crippen molar-refractivity contribution in [3.8, 4) is 0 Å². The van der Waals surface area contributed by atoms with Gasteiger partial charge in [-0.05, 0) is 62.8 Å². The summed E-state index contributed by atoms with van der Waals surface area (Å²) in [6.45, 7) is 5.35. The van der Waals surface area contributed by atoms with Crippen LogP contribution >= 0.6 is 0 Å². The second-order valence-corrected chi connectivity index (χ2v) is 10.8. The number of piperazine rings is 1. The Morgan fingerprint density at radius 3 is 2.17 bits per heavy atom. The Balaban J connectivity index is 1.39. The number of amides is 1. The molecule has 4 rings (SSSR count). The van der Waals surface area contributed by atoms with Crippen LogP contribution in [0.25, 0.3) is 0 Å². The lowest BCUT2D eigenvalue weighted by Gasteiger charge is -2.40. The van der Waals surface area contributed by atoms with Gasteiger partial charge in [0.25, 0.3) is 0 Å². The van der Waals surface area contributed by atoms with Crippen molar-refractivity contribution < 1.29 is 18.0 Å². The minimum Gasteiger partial charge on any atom is -0.340 e. The molecular weight excluding hydrogens is 388 g/mol. The molecule has 0 spiro atoms. The fourth-order valence-electron chi connectivity index (χ4n) is 5.11. The molecule has 6 nitrogen and oxygen atoms in total. The van der Waals surface area contributed by atoms with Crippen LogP contribution in [0, 0.1) is 31.6 Å². The van der Waals surface area contributed by atoms with E-state index in [1.165, 1.54) is 4.31 Å². The lowest BCUT2D eigenvalue weighted by atomic mass is 9.67. The van der Waals surface area contributed by atoms with Crippen molar-refractivity contribution in [1.82, 2.24) is 9.21 Å². The Kier molecular flexibility index (Phi) is 5.55. The maximum Gasteiger partial charge on any atom is 0.243 e. The molecular formula is C22H30N2O4S. The molecule has 1 aliphatic heterocycles. The quantitative estimate of drug-likeness (QED) is 0.756. The van der Waals surface area contributed by atoms with Crippen LogP contribution in [0.1, 0.15) is 43.2 Å². The largest absolute Gasteiger partial charge is 0.340 e. The Morgan fingerprint density at radius 2 is 1.59 bits per heavy atom. The molecule has 3 fully saturated rings. The molecule has 0 radical (unpaired) electrons. The Bertz CT molecular complexity index is 903. The molecule has 2 unspecified atom stereocenters. The second kappa shape index (κ2) is 7.84. The summed E-state index contributed by atoms with van der Waals surface area (Å²) < 4.78 is 27.5. The van der Waals surface area contributed by atoms with Gasteiger partial charge in [0.15, 0.2) is 0 Å². The fraction of sp³-hybridized carbons (Fsp3) is 0.636. The summed E-state index contributed by atoms with van der Waals surface area (Å²) in [5.74, 6) is 0.513. The minimum atomic E-state index is -3.54. The van der Waals surface area contributed by atoms with Crippen LogP contribution in [0.4, 0.5) is 0 Å². The van der Waals surface area contributed by atoms with Gasteiger partial charge in [0.2, 0.25) is 15.9 Å². The summed E-state index contributed by atoms with van der Waals surface area (Å²) in [6.07, 6.45) is 4.28. The van der Waals surface area contributed by atoms with E-state index in [-0.39, 0.29) is 23.7 Å². The number of nitrogens with zero attached hydrogens (tertiary/aromatic N) is 2. The smallest absolute Gasteiger partial charge is 0.243 e. The van der Waals surface area contributed by atoms with E-state index in [2.05, 4.69) is 0 Å². The van der Waals surface area contributed by atoms with Gasteiger partial charge in [-0.2, -0.15) is 4.31 Å². The van der Waals surface area contributed by atoms with E-state index in [1.54, 1.807) is 12.1 Å². The number of rotatable bonds is 3. The number of fused-ring (bicyclic) bond motifs is 2. The van der Waals surface area contributed by atoms with Crippen molar-refractivity contribution >= 4 is 21.7 Å². The summed E-state index contributed by atoms with van der Waals surface area (Å²) in [6, 6.07) is 5.22. The summed E-state index contributed by atoms with van der Waals surface area (Å²) >= 11 is 0. The van der Waals surface area contributed by atoms with Crippen molar-refractivity contribution in [2.75, 3.05) is 26.2 Å². The number of hydrogen-bond donors (Lipinski definition) is 0. The zero-order chi connectivity index (χ0) is 20.8. The number of hydrogen-bond acceptors (Lipinski definition) is 4. The van der Waals surface area contributed by atoms with Gasteiger partial charge < -0.3 is 4.90 Å². The van der Waals surface area contributed by atoms with E-state index in [1.807, 2.05) is 24.8 Å². The maximum atomic E-state index is 13.0. The highest BCUT2D eigenvalue weighted by atomic mass is 32.2. The standard InChI is InChI=1S/C22H30N2O4S/c1-15-6-7-20(12-16(15)2)29(27,28)24-10-8-23(9-11-24)22(26)19-13-17-4-3-5-18(14-19)21(17)25/h6-7,12,17-19H,3-5,8-11,13-14H2,1-2H3. The zero-order valence-corrected chi connectivity index (χ0v) is 18.1. The van der Waals surface area contributed by atoms with Gasteiger partial charge in [-0.15, -0.1) is 0 Å². The molecule has 29 heavy (non-hydrogen) atoms. The monoisotopic (exact) mass is 418 g/mol. The predicted molar refractivity (Wildman–Crippen MR) is 110 cm³/mol. The first kappa shape index (κ1) is 20.5. The highest BCUT2D eigenvalue weighted by molar-refractivity contribution is 7.89. The Morgan fingerprint density at radius 1 is 0.966 bits per heavy atom. The minimum absolute atomic E-state index is 0.0582. The average Bonchev–Trinajstić information content (AvgIpc) is 2.69. The third-order valence-corrected chi connectivity index (χ3v) is 8.96. The first-order chi connectivity index (χ1) is 13.8. The van der Waals surface area contributed by atoms with Crippen LogP contribution in [0.5, 0.6) is 0 Å². The van der Waals surface area contributed by atoms with E-state index in [4.69, 9.17) is 0 Å². The van der Waals surface area contributed by atoms with Gasteiger partial charge in [-0.1, -0.05) is 12.5 Å². The molecule has 1 heterocycles. The second-order valence-electron chi connectivity index (χ2n) is 8.87. The van der Waals surface area contributed by atoms with Gasteiger partial charge in [-0.3, -0.25) is 9.59 Å². The highest BCUT2D eigenvalue weighted by Gasteiger charge is 2.43. The van der Waals surface area contributed by atoms with E-state index >= 15 is 0 Å². The molecule has 1 aromatic carbocycles. The van der Waals surface area contributed by atoms with E-state index in [0.717, 1.165) is 30.4 Å². The summed E-state index contributed by atoms with van der Waals surface area (Å²) in [5.41, 5.74) is 2.02. The molecule has 3 aliphatic rings. The van der Waals surface area contributed by atoms with Gasteiger partial charge in [0.05, 0.1) is 4.90 Å². The molecule has 158 valence electrons.